The lowest BCUT2D eigenvalue weighted by Crippen LogP contribution is -2.56. The average molecular weight is 414 g/mol. The molecule has 4 amide bonds. The van der Waals surface area contributed by atoms with Crippen LogP contribution in [-0.4, -0.2) is 70.1 Å². The molecule has 0 aliphatic carbocycles. The van der Waals surface area contributed by atoms with E-state index >= 15 is 0 Å². The summed E-state index contributed by atoms with van der Waals surface area (Å²) in [6, 6.07) is 9.18. The Hall–Kier alpha value is -3.01. The fraction of sp³-hybridized carbons (Fsp3) is 0.421. The van der Waals surface area contributed by atoms with Gasteiger partial charge >= 0.3 is 6.03 Å². The van der Waals surface area contributed by atoms with Crippen LogP contribution in [-0.2, 0) is 16.1 Å². The summed E-state index contributed by atoms with van der Waals surface area (Å²) in [4.78, 5) is 43.3. The molecular weight excluding hydrogens is 392 g/mol. The van der Waals surface area contributed by atoms with Gasteiger partial charge in [-0.1, -0.05) is 41.7 Å². The van der Waals surface area contributed by atoms with Gasteiger partial charge in [0.05, 0.1) is 0 Å². The lowest BCUT2D eigenvalue weighted by atomic mass is 9.85. The van der Waals surface area contributed by atoms with E-state index in [1.165, 1.54) is 18.4 Å². The SMILES string of the molecule is CNC(=O)CN1C(=O)N(Cc2ccccc2)C2(CCN(c3nncs3)CC2)C1=O. The number of nitrogens with one attached hydrogen (secondary N) is 1. The van der Waals surface area contributed by atoms with Crippen molar-refractivity contribution in [1.82, 2.24) is 25.3 Å². The summed E-state index contributed by atoms with van der Waals surface area (Å²) in [5, 5.41) is 11.3. The number of likely N-dealkylation sites (N-methyl/N-ethyl adjacent to an activating group) is 1. The summed E-state index contributed by atoms with van der Waals surface area (Å²) in [7, 11) is 1.49. The molecule has 0 atom stereocenters. The van der Waals surface area contributed by atoms with E-state index in [9.17, 15) is 14.4 Å². The number of amides is 4. The van der Waals surface area contributed by atoms with Crippen molar-refractivity contribution < 1.29 is 14.4 Å². The van der Waals surface area contributed by atoms with Gasteiger partial charge in [-0.2, -0.15) is 0 Å². The Morgan fingerprint density at radius 1 is 1.21 bits per heavy atom. The van der Waals surface area contributed by atoms with Crippen LogP contribution in [0.2, 0.25) is 0 Å². The lowest BCUT2D eigenvalue weighted by molar-refractivity contribution is -0.137. The Balaban J connectivity index is 1.62. The average Bonchev–Trinajstić information content (AvgIpc) is 3.35. The number of carbonyl (C=O) groups excluding carboxylic acids is 3. The van der Waals surface area contributed by atoms with Crippen LogP contribution in [0, 0.1) is 0 Å². The normalized spacial score (nSPS) is 18.6. The summed E-state index contributed by atoms with van der Waals surface area (Å²) >= 11 is 1.45. The Labute approximate surface area is 172 Å². The Kier molecular flexibility index (Phi) is 5.18. The number of hydrogen-bond acceptors (Lipinski definition) is 7. The number of aromatic nitrogens is 2. The molecule has 2 aliphatic heterocycles. The smallest absolute Gasteiger partial charge is 0.328 e. The van der Waals surface area contributed by atoms with E-state index in [2.05, 4.69) is 20.4 Å². The van der Waals surface area contributed by atoms with Crippen LogP contribution < -0.4 is 10.2 Å². The molecule has 2 fully saturated rings. The number of carbonyl (C=O) groups is 3. The molecule has 9 nitrogen and oxygen atoms in total. The summed E-state index contributed by atoms with van der Waals surface area (Å²) in [6.07, 6.45) is 0.961. The topological polar surface area (TPSA) is 98.7 Å². The standard InChI is InChI=1S/C19H22N6O3S/c1-20-15(26)12-24-16(27)19(7-9-23(10-8-19)17-22-21-13-29-17)25(18(24)28)11-14-5-3-2-4-6-14/h2-6,13H,7-12H2,1H3,(H,20,26). The molecule has 2 aliphatic rings. The molecule has 0 radical (unpaired) electrons. The van der Waals surface area contributed by atoms with Gasteiger partial charge in [-0.25, -0.2) is 4.79 Å². The molecule has 152 valence electrons. The van der Waals surface area contributed by atoms with Gasteiger partial charge in [0.15, 0.2) is 0 Å². The zero-order valence-electron chi connectivity index (χ0n) is 16.1. The molecule has 2 aromatic rings. The lowest BCUT2D eigenvalue weighted by Gasteiger charge is -2.42. The molecule has 0 unspecified atom stereocenters. The van der Waals surface area contributed by atoms with Crippen LogP contribution in [0.5, 0.6) is 0 Å². The van der Waals surface area contributed by atoms with Crippen molar-refractivity contribution >= 4 is 34.3 Å². The summed E-state index contributed by atoms with van der Waals surface area (Å²) in [6.45, 7) is 1.25. The minimum absolute atomic E-state index is 0.263. The number of piperidine rings is 1. The highest BCUT2D eigenvalue weighted by Crippen LogP contribution is 2.39. The number of anilines is 1. The molecule has 1 N–H and O–H groups in total. The molecule has 1 spiro atoms. The molecule has 29 heavy (non-hydrogen) atoms. The zero-order valence-corrected chi connectivity index (χ0v) is 16.9. The second kappa shape index (κ2) is 7.78. The van der Waals surface area contributed by atoms with E-state index < -0.39 is 11.6 Å². The van der Waals surface area contributed by atoms with Crippen LogP contribution in [0.25, 0.3) is 0 Å². The Morgan fingerprint density at radius 2 is 1.93 bits per heavy atom. The zero-order chi connectivity index (χ0) is 20.4. The minimum atomic E-state index is -0.942. The van der Waals surface area contributed by atoms with Gasteiger partial charge in [0.2, 0.25) is 11.0 Å². The predicted molar refractivity (Wildman–Crippen MR) is 107 cm³/mol. The molecule has 3 heterocycles. The molecule has 2 saturated heterocycles. The first-order valence-corrected chi connectivity index (χ1v) is 10.3. The summed E-state index contributed by atoms with van der Waals surface area (Å²) in [5.41, 5.74) is 1.68. The van der Waals surface area contributed by atoms with Crippen LogP contribution in [0.1, 0.15) is 18.4 Å². The Bertz CT molecular complexity index is 896. The summed E-state index contributed by atoms with van der Waals surface area (Å²) in [5.74, 6) is -0.659. The van der Waals surface area contributed by atoms with Crippen molar-refractivity contribution in [3.63, 3.8) is 0 Å². The number of urea groups is 1. The third kappa shape index (κ3) is 3.44. The van der Waals surface area contributed by atoms with Crippen LogP contribution in [0.4, 0.5) is 9.93 Å². The second-order valence-corrected chi connectivity index (χ2v) is 7.97. The van der Waals surface area contributed by atoms with Gasteiger partial charge in [-0.15, -0.1) is 10.2 Å². The fourth-order valence-corrected chi connectivity index (χ4v) is 4.60. The van der Waals surface area contributed by atoms with Crippen LogP contribution in [0.3, 0.4) is 0 Å². The third-order valence-corrected chi connectivity index (χ3v) is 6.35. The van der Waals surface area contributed by atoms with Crippen molar-refractivity contribution in [2.75, 3.05) is 31.6 Å². The van der Waals surface area contributed by atoms with Crippen molar-refractivity contribution in [3.8, 4) is 0 Å². The third-order valence-electron chi connectivity index (χ3n) is 5.60. The maximum atomic E-state index is 13.4. The number of rotatable bonds is 5. The fourth-order valence-electron chi connectivity index (χ4n) is 3.99. The van der Waals surface area contributed by atoms with Gasteiger partial charge in [0.1, 0.15) is 17.6 Å². The van der Waals surface area contributed by atoms with Crippen molar-refractivity contribution in [2.24, 2.45) is 0 Å². The maximum absolute atomic E-state index is 13.4. The molecule has 10 heteroatoms. The van der Waals surface area contributed by atoms with Crippen molar-refractivity contribution in [2.45, 2.75) is 24.9 Å². The molecule has 4 rings (SSSR count). The van der Waals surface area contributed by atoms with E-state index in [4.69, 9.17) is 0 Å². The van der Waals surface area contributed by atoms with Gasteiger partial charge in [0.25, 0.3) is 5.91 Å². The van der Waals surface area contributed by atoms with Crippen molar-refractivity contribution in [3.05, 3.63) is 41.4 Å². The number of imide groups is 1. The van der Waals surface area contributed by atoms with Gasteiger partial charge in [-0.05, 0) is 18.4 Å². The van der Waals surface area contributed by atoms with E-state index in [0.717, 1.165) is 15.6 Å². The van der Waals surface area contributed by atoms with Crippen LogP contribution >= 0.6 is 11.3 Å². The minimum Gasteiger partial charge on any atom is -0.358 e. The first-order chi connectivity index (χ1) is 14.0. The largest absolute Gasteiger partial charge is 0.358 e. The molecule has 1 aromatic carbocycles. The predicted octanol–water partition coefficient (Wildman–Crippen LogP) is 1.09. The quantitative estimate of drug-likeness (QED) is 0.736. The monoisotopic (exact) mass is 414 g/mol. The van der Waals surface area contributed by atoms with Gasteiger partial charge in [0, 0.05) is 26.7 Å². The van der Waals surface area contributed by atoms with Gasteiger partial charge < -0.3 is 15.1 Å². The highest BCUT2D eigenvalue weighted by atomic mass is 32.1. The highest BCUT2D eigenvalue weighted by Gasteiger charge is 2.58. The number of nitrogens with zero attached hydrogens (tertiary/aromatic N) is 5. The van der Waals surface area contributed by atoms with E-state index in [0.29, 0.717) is 32.5 Å². The highest BCUT2D eigenvalue weighted by molar-refractivity contribution is 7.13. The van der Waals surface area contributed by atoms with Crippen LogP contribution in [0.15, 0.2) is 35.8 Å². The van der Waals surface area contributed by atoms with Gasteiger partial charge in [-0.3, -0.25) is 14.5 Å². The first kappa shape index (κ1) is 19.3. The molecule has 1 aromatic heterocycles. The van der Waals surface area contributed by atoms with E-state index in [-0.39, 0.29) is 18.4 Å². The van der Waals surface area contributed by atoms with Crippen molar-refractivity contribution in [1.29, 1.82) is 0 Å². The first-order valence-electron chi connectivity index (χ1n) is 9.44. The molecule has 0 bridgehead atoms. The van der Waals surface area contributed by atoms with E-state index in [1.807, 2.05) is 30.3 Å². The summed E-state index contributed by atoms with van der Waals surface area (Å²) < 4.78 is 0. The number of benzene rings is 1. The van der Waals surface area contributed by atoms with E-state index in [1.54, 1.807) is 10.4 Å². The maximum Gasteiger partial charge on any atom is 0.328 e. The molecule has 0 saturated carbocycles. The molecular formula is C19H22N6O3S. The Morgan fingerprint density at radius 3 is 2.55 bits per heavy atom. The number of hydrogen-bond donors (Lipinski definition) is 1. The second-order valence-electron chi connectivity index (χ2n) is 7.16.